The molecule has 0 spiro atoms. The van der Waals surface area contributed by atoms with Gasteiger partial charge in [-0.15, -0.1) is 11.3 Å². The summed E-state index contributed by atoms with van der Waals surface area (Å²) in [6.07, 6.45) is 3.06. The van der Waals surface area contributed by atoms with Crippen molar-refractivity contribution in [2.75, 3.05) is 12.3 Å². The van der Waals surface area contributed by atoms with Crippen molar-refractivity contribution in [2.24, 2.45) is 0 Å². The van der Waals surface area contributed by atoms with Crippen molar-refractivity contribution in [1.82, 2.24) is 20.6 Å². The summed E-state index contributed by atoms with van der Waals surface area (Å²) in [5.41, 5.74) is 6.35. The van der Waals surface area contributed by atoms with Crippen LogP contribution < -0.4 is 16.4 Å². The highest BCUT2D eigenvalue weighted by atomic mass is 32.1. The van der Waals surface area contributed by atoms with Gasteiger partial charge < -0.3 is 16.4 Å². The van der Waals surface area contributed by atoms with Gasteiger partial charge in [0, 0.05) is 17.9 Å². The lowest BCUT2D eigenvalue weighted by Gasteiger charge is -2.20. The molecule has 0 unspecified atom stereocenters. The number of rotatable bonds is 3. The molecule has 2 amide bonds. The highest BCUT2D eigenvalue weighted by molar-refractivity contribution is 7.21. The molecule has 21 heavy (non-hydrogen) atoms. The first kappa shape index (κ1) is 15.2. The van der Waals surface area contributed by atoms with Crippen LogP contribution in [0.2, 0.25) is 0 Å². The number of hydrogen-bond acceptors (Lipinski definition) is 6. The van der Waals surface area contributed by atoms with Gasteiger partial charge in [-0.25, -0.2) is 9.97 Å². The van der Waals surface area contributed by atoms with E-state index in [1.807, 2.05) is 20.8 Å². The van der Waals surface area contributed by atoms with Gasteiger partial charge >= 0.3 is 0 Å². The van der Waals surface area contributed by atoms with Gasteiger partial charge in [-0.1, -0.05) is 0 Å². The topological polar surface area (TPSA) is 110 Å². The van der Waals surface area contributed by atoms with Crippen molar-refractivity contribution in [3.63, 3.8) is 0 Å². The lowest BCUT2D eigenvalue weighted by molar-refractivity contribution is -0.121. The van der Waals surface area contributed by atoms with Gasteiger partial charge in [0.1, 0.15) is 15.2 Å². The number of nitrogens with one attached hydrogen (secondary N) is 2. The molecular weight excluding hydrogens is 290 g/mol. The Balaban J connectivity index is 2.06. The molecule has 0 radical (unpaired) electrons. The Morgan fingerprint density at radius 1 is 1.29 bits per heavy atom. The quantitative estimate of drug-likeness (QED) is 0.781. The second-order valence-corrected chi connectivity index (χ2v) is 6.53. The first-order valence-electron chi connectivity index (χ1n) is 6.36. The summed E-state index contributed by atoms with van der Waals surface area (Å²) in [6.45, 7) is 5.50. The maximum absolute atomic E-state index is 12.1. The Morgan fingerprint density at radius 3 is 2.57 bits per heavy atom. The number of thiophene rings is 1. The molecule has 0 saturated heterocycles. The van der Waals surface area contributed by atoms with E-state index >= 15 is 0 Å². The third-order valence-corrected chi connectivity index (χ3v) is 3.59. The molecule has 0 aromatic carbocycles. The van der Waals surface area contributed by atoms with Crippen molar-refractivity contribution in [2.45, 2.75) is 26.3 Å². The zero-order valence-electron chi connectivity index (χ0n) is 12.1. The minimum Gasteiger partial charge on any atom is -0.396 e. The zero-order chi connectivity index (χ0) is 15.6. The molecular formula is C13H17N5O2S. The smallest absolute Gasteiger partial charge is 0.264 e. The van der Waals surface area contributed by atoms with Crippen LogP contribution in [0.3, 0.4) is 0 Å². The predicted molar refractivity (Wildman–Crippen MR) is 82.1 cm³/mol. The van der Waals surface area contributed by atoms with Crippen molar-refractivity contribution < 1.29 is 9.59 Å². The monoisotopic (exact) mass is 307 g/mol. The average molecular weight is 307 g/mol. The first-order chi connectivity index (χ1) is 9.78. The molecule has 0 aliphatic heterocycles. The molecule has 0 atom stereocenters. The summed E-state index contributed by atoms with van der Waals surface area (Å²) in [5.74, 6) is -0.659. The van der Waals surface area contributed by atoms with E-state index in [-0.39, 0.29) is 23.7 Å². The van der Waals surface area contributed by atoms with E-state index in [0.29, 0.717) is 15.2 Å². The number of anilines is 1. The minimum atomic E-state index is -0.402. The Labute approximate surface area is 126 Å². The summed E-state index contributed by atoms with van der Waals surface area (Å²) in [5, 5.41) is 5.31. The standard InChI is InChI=1S/C13H17N5O2S/c1-13(2,3)18-7(19)6-17-11(20)10-8(14)9-12(21-10)16-5-4-15-9/h4-5H,6,14H2,1-3H3,(H,17,20)(H,18,19). The van der Waals surface area contributed by atoms with Gasteiger partial charge in [-0.3, -0.25) is 9.59 Å². The average Bonchev–Trinajstić information content (AvgIpc) is 2.72. The number of carbonyl (C=O) groups is 2. The van der Waals surface area contributed by atoms with Gasteiger partial charge in [-0.2, -0.15) is 0 Å². The highest BCUT2D eigenvalue weighted by Gasteiger charge is 2.19. The second kappa shape index (κ2) is 5.65. The summed E-state index contributed by atoms with van der Waals surface area (Å²) in [4.78, 5) is 32.9. The van der Waals surface area contributed by atoms with Crippen molar-refractivity contribution in [3.05, 3.63) is 17.3 Å². The van der Waals surface area contributed by atoms with Crippen LogP contribution in [0.15, 0.2) is 12.4 Å². The molecule has 0 aliphatic carbocycles. The maximum atomic E-state index is 12.1. The Hall–Kier alpha value is -2.22. The molecule has 0 fully saturated rings. The van der Waals surface area contributed by atoms with Crippen molar-refractivity contribution in [1.29, 1.82) is 0 Å². The number of aromatic nitrogens is 2. The van der Waals surface area contributed by atoms with Crippen LogP contribution >= 0.6 is 11.3 Å². The molecule has 2 heterocycles. The molecule has 0 aliphatic rings. The van der Waals surface area contributed by atoms with E-state index in [9.17, 15) is 9.59 Å². The van der Waals surface area contributed by atoms with Crippen LogP contribution in [-0.4, -0.2) is 33.9 Å². The van der Waals surface area contributed by atoms with E-state index in [2.05, 4.69) is 20.6 Å². The molecule has 2 aromatic heterocycles. The number of hydrogen-bond donors (Lipinski definition) is 3. The largest absolute Gasteiger partial charge is 0.396 e. The molecule has 4 N–H and O–H groups in total. The third-order valence-electron chi connectivity index (χ3n) is 2.49. The van der Waals surface area contributed by atoms with Gasteiger partial charge in [-0.05, 0) is 20.8 Å². The SMILES string of the molecule is CC(C)(C)NC(=O)CNC(=O)c1sc2nccnc2c1N. The number of nitrogen functional groups attached to an aromatic ring is 1. The number of fused-ring (bicyclic) bond motifs is 1. The van der Waals surface area contributed by atoms with Crippen LogP contribution in [0.4, 0.5) is 5.69 Å². The summed E-state index contributed by atoms with van der Waals surface area (Å²) in [7, 11) is 0. The summed E-state index contributed by atoms with van der Waals surface area (Å²) >= 11 is 1.15. The van der Waals surface area contributed by atoms with Crippen LogP contribution in [0, 0.1) is 0 Å². The van der Waals surface area contributed by atoms with Crippen LogP contribution in [0.1, 0.15) is 30.4 Å². The molecule has 0 saturated carbocycles. The van der Waals surface area contributed by atoms with Crippen molar-refractivity contribution in [3.8, 4) is 0 Å². The summed E-state index contributed by atoms with van der Waals surface area (Å²) in [6, 6.07) is 0. The van der Waals surface area contributed by atoms with Gasteiger partial charge in [0.05, 0.1) is 12.2 Å². The van der Waals surface area contributed by atoms with E-state index in [4.69, 9.17) is 5.73 Å². The number of nitrogens with two attached hydrogens (primary N) is 1. The van der Waals surface area contributed by atoms with E-state index in [1.54, 1.807) is 0 Å². The lowest BCUT2D eigenvalue weighted by atomic mass is 10.1. The second-order valence-electron chi connectivity index (χ2n) is 5.54. The maximum Gasteiger partial charge on any atom is 0.264 e. The predicted octanol–water partition coefficient (Wildman–Crippen LogP) is 0.918. The molecule has 7 nitrogen and oxygen atoms in total. The Morgan fingerprint density at radius 2 is 1.95 bits per heavy atom. The highest BCUT2D eigenvalue weighted by Crippen LogP contribution is 2.30. The first-order valence-corrected chi connectivity index (χ1v) is 7.18. The van der Waals surface area contributed by atoms with E-state index in [1.165, 1.54) is 12.4 Å². The van der Waals surface area contributed by atoms with E-state index in [0.717, 1.165) is 11.3 Å². The van der Waals surface area contributed by atoms with E-state index < -0.39 is 5.91 Å². The van der Waals surface area contributed by atoms with Crippen LogP contribution in [-0.2, 0) is 4.79 Å². The molecule has 2 aromatic rings. The summed E-state index contributed by atoms with van der Waals surface area (Å²) < 4.78 is 0. The Bertz CT molecular complexity index is 689. The van der Waals surface area contributed by atoms with Crippen molar-refractivity contribution >= 4 is 39.2 Å². The van der Waals surface area contributed by atoms with Crippen LogP contribution in [0.5, 0.6) is 0 Å². The van der Waals surface area contributed by atoms with Crippen LogP contribution in [0.25, 0.3) is 10.3 Å². The molecule has 8 heteroatoms. The van der Waals surface area contributed by atoms with Gasteiger partial charge in [0.25, 0.3) is 5.91 Å². The number of carbonyl (C=O) groups excluding carboxylic acids is 2. The molecule has 2 rings (SSSR count). The zero-order valence-corrected chi connectivity index (χ0v) is 12.9. The number of amides is 2. The number of nitrogens with zero attached hydrogens (tertiary/aromatic N) is 2. The lowest BCUT2D eigenvalue weighted by Crippen LogP contribution is -2.45. The fraction of sp³-hybridized carbons (Fsp3) is 0.385. The minimum absolute atomic E-state index is 0.107. The molecule has 0 bridgehead atoms. The molecule has 112 valence electrons. The fourth-order valence-electron chi connectivity index (χ4n) is 1.72. The van der Waals surface area contributed by atoms with Gasteiger partial charge in [0.2, 0.25) is 5.91 Å². The Kier molecular flexibility index (Phi) is 4.08. The third kappa shape index (κ3) is 3.66. The van der Waals surface area contributed by atoms with Gasteiger partial charge in [0.15, 0.2) is 0 Å². The normalized spacial score (nSPS) is 11.4. The fourth-order valence-corrected chi connectivity index (χ4v) is 2.65.